The Kier molecular flexibility index (Phi) is 5.15. The summed E-state index contributed by atoms with van der Waals surface area (Å²) in [5.74, 6) is 0.622. The summed E-state index contributed by atoms with van der Waals surface area (Å²) in [5, 5.41) is 12.3. The minimum atomic E-state index is -0.938. The first kappa shape index (κ1) is 13.7. The van der Waals surface area contributed by atoms with Crippen molar-refractivity contribution in [3.8, 4) is 5.75 Å². The van der Waals surface area contributed by atoms with Crippen molar-refractivity contribution in [2.24, 2.45) is 0 Å². The summed E-state index contributed by atoms with van der Waals surface area (Å²) in [6.45, 7) is 2.02. The van der Waals surface area contributed by atoms with Gasteiger partial charge in [-0.2, -0.15) is 11.8 Å². The molecule has 0 saturated carbocycles. The molecule has 2 N–H and O–H groups in total. The summed E-state index contributed by atoms with van der Waals surface area (Å²) < 4.78 is 5.09. The van der Waals surface area contributed by atoms with Crippen molar-refractivity contribution >= 4 is 23.4 Å². The van der Waals surface area contributed by atoms with Crippen LogP contribution in [-0.2, 0) is 0 Å². The number of benzene rings is 1. The Balaban J connectivity index is 2.96. The van der Waals surface area contributed by atoms with E-state index in [4.69, 9.17) is 9.84 Å². The van der Waals surface area contributed by atoms with E-state index in [1.807, 2.05) is 13.2 Å². The van der Waals surface area contributed by atoms with Crippen molar-refractivity contribution in [1.82, 2.24) is 0 Å². The molecule has 0 heterocycles. The molecule has 0 fully saturated rings. The zero-order valence-corrected chi connectivity index (χ0v) is 11.0. The van der Waals surface area contributed by atoms with Crippen LogP contribution < -0.4 is 10.1 Å². The number of nitrogens with one attached hydrogen (secondary N) is 1. The highest BCUT2D eigenvalue weighted by Gasteiger charge is 2.12. The van der Waals surface area contributed by atoms with E-state index in [1.54, 1.807) is 37.1 Å². The predicted octanol–water partition coefficient (Wildman–Crippen LogP) is 2.56. The summed E-state index contributed by atoms with van der Waals surface area (Å²) in [6, 6.07) is 5.11. The van der Waals surface area contributed by atoms with Gasteiger partial charge in [-0.1, -0.05) is 0 Å². The molecule has 0 amide bonds. The van der Waals surface area contributed by atoms with Crippen molar-refractivity contribution in [3.05, 3.63) is 23.8 Å². The summed E-state index contributed by atoms with van der Waals surface area (Å²) in [7, 11) is 1.56. The Morgan fingerprint density at radius 1 is 1.59 bits per heavy atom. The lowest BCUT2D eigenvalue weighted by Crippen LogP contribution is -2.19. The monoisotopic (exact) mass is 255 g/mol. The Labute approximate surface area is 105 Å². The van der Waals surface area contributed by atoms with Crippen molar-refractivity contribution in [1.29, 1.82) is 0 Å². The van der Waals surface area contributed by atoms with E-state index in [1.165, 1.54) is 0 Å². The summed E-state index contributed by atoms with van der Waals surface area (Å²) in [6.07, 6.45) is 2.02. The van der Waals surface area contributed by atoms with Gasteiger partial charge in [-0.25, -0.2) is 4.79 Å². The zero-order valence-electron chi connectivity index (χ0n) is 10.2. The molecule has 0 aliphatic rings. The summed E-state index contributed by atoms with van der Waals surface area (Å²) in [4.78, 5) is 11.1. The van der Waals surface area contributed by atoms with Crippen LogP contribution in [0, 0.1) is 0 Å². The number of hydrogen-bond donors (Lipinski definition) is 2. The van der Waals surface area contributed by atoms with Crippen LogP contribution in [0.15, 0.2) is 18.2 Å². The topological polar surface area (TPSA) is 58.6 Å². The number of methoxy groups -OCH3 is 1. The number of rotatable bonds is 6. The van der Waals surface area contributed by atoms with E-state index < -0.39 is 5.97 Å². The van der Waals surface area contributed by atoms with Gasteiger partial charge < -0.3 is 15.2 Å². The van der Waals surface area contributed by atoms with Gasteiger partial charge in [-0.15, -0.1) is 0 Å². The quantitative estimate of drug-likeness (QED) is 0.818. The largest absolute Gasteiger partial charge is 0.497 e. The number of carboxylic acids is 1. The molecule has 17 heavy (non-hydrogen) atoms. The third-order valence-electron chi connectivity index (χ3n) is 2.28. The molecule has 0 bridgehead atoms. The van der Waals surface area contributed by atoms with Crippen LogP contribution >= 0.6 is 11.8 Å². The molecular weight excluding hydrogens is 238 g/mol. The average Bonchev–Trinajstić information content (AvgIpc) is 2.28. The SMILES string of the molecule is COc1ccc(C(=O)O)c(NC(C)CSC)c1. The van der Waals surface area contributed by atoms with Gasteiger partial charge in [0.25, 0.3) is 0 Å². The minimum Gasteiger partial charge on any atom is -0.497 e. The molecule has 0 aliphatic carbocycles. The number of thioether (sulfide) groups is 1. The van der Waals surface area contributed by atoms with Crippen LogP contribution in [0.4, 0.5) is 5.69 Å². The molecule has 1 aromatic rings. The van der Waals surface area contributed by atoms with Crippen LogP contribution in [0.2, 0.25) is 0 Å². The number of anilines is 1. The van der Waals surface area contributed by atoms with Gasteiger partial charge in [-0.3, -0.25) is 0 Å². The smallest absolute Gasteiger partial charge is 0.337 e. The Morgan fingerprint density at radius 3 is 2.82 bits per heavy atom. The normalized spacial score (nSPS) is 11.9. The first-order chi connectivity index (χ1) is 8.08. The molecule has 5 heteroatoms. The van der Waals surface area contributed by atoms with Crippen LogP contribution in [0.5, 0.6) is 5.75 Å². The van der Waals surface area contributed by atoms with Crippen LogP contribution in [0.3, 0.4) is 0 Å². The van der Waals surface area contributed by atoms with E-state index >= 15 is 0 Å². The van der Waals surface area contributed by atoms with E-state index in [0.29, 0.717) is 11.4 Å². The molecule has 94 valence electrons. The van der Waals surface area contributed by atoms with Crippen molar-refractivity contribution in [3.63, 3.8) is 0 Å². The fourth-order valence-electron chi connectivity index (χ4n) is 1.51. The van der Waals surface area contributed by atoms with E-state index in [-0.39, 0.29) is 11.6 Å². The number of ether oxygens (including phenoxy) is 1. The highest BCUT2D eigenvalue weighted by atomic mass is 32.2. The lowest BCUT2D eigenvalue weighted by molar-refractivity contribution is 0.0698. The fraction of sp³-hybridized carbons (Fsp3) is 0.417. The molecule has 0 spiro atoms. The predicted molar refractivity (Wildman–Crippen MR) is 71.4 cm³/mol. The van der Waals surface area contributed by atoms with E-state index in [0.717, 1.165) is 5.75 Å². The summed E-state index contributed by atoms with van der Waals surface area (Å²) in [5.41, 5.74) is 0.858. The van der Waals surface area contributed by atoms with Crippen molar-refractivity contribution in [2.75, 3.05) is 24.4 Å². The third kappa shape index (κ3) is 3.85. The van der Waals surface area contributed by atoms with Gasteiger partial charge in [-0.05, 0) is 25.3 Å². The Hall–Kier alpha value is -1.36. The maximum Gasteiger partial charge on any atom is 0.337 e. The van der Waals surface area contributed by atoms with Crippen molar-refractivity contribution < 1.29 is 14.6 Å². The van der Waals surface area contributed by atoms with Crippen molar-refractivity contribution in [2.45, 2.75) is 13.0 Å². The van der Waals surface area contributed by atoms with Gasteiger partial charge in [0, 0.05) is 17.9 Å². The summed E-state index contributed by atoms with van der Waals surface area (Å²) >= 11 is 1.71. The third-order valence-corrected chi connectivity index (χ3v) is 3.11. The van der Waals surface area contributed by atoms with Gasteiger partial charge in [0.2, 0.25) is 0 Å². The average molecular weight is 255 g/mol. The standard InChI is InChI=1S/C12H17NO3S/c1-8(7-17-3)13-11-6-9(16-2)4-5-10(11)12(14)15/h4-6,8,13H,7H2,1-3H3,(H,14,15). The molecule has 1 atom stereocenters. The number of aromatic carboxylic acids is 1. The lowest BCUT2D eigenvalue weighted by atomic mass is 10.1. The highest BCUT2D eigenvalue weighted by Crippen LogP contribution is 2.23. The Morgan fingerprint density at radius 2 is 2.29 bits per heavy atom. The Bertz CT molecular complexity index is 395. The second-order valence-corrected chi connectivity index (χ2v) is 4.63. The van der Waals surface area contributed by atoms with Gasteiger partial charge in [0.05, 0.1) is 18.4 Å². The number of carboxylic acid groups (broad SMARTS) is 1. The molecule has 1 unspecified atom stereocenters. The molecular formula is C12H17NO3S. The first-order valence-corrected chi connectivity index (χ1v) is 6.64. The maximum absolute atomic E-state index is 11.1. The highest BCUT2D eigenvalue weighted by molar-refractivity contribution is 7.98. The van der Waals surface area contributed by atoms with Gasteiger partial charge in [0.15, 0.2) is 0 Å². The van der Waals surface area contributed by atoms with Crippen LogP contribution in [0.25, 0.3) is 0 Å². The molecule has 1 rings (SSSR count). The van der Waals surface area contributed by atoms with Crippen LogP contribution in [0.1, 0.15) is 17.3 Å². The lowest BCUT2D eigenvalue weighted by Gasteiger charge is -2.16. The molecule has 0 aromatic heterocycles. The molecule has 0 radical (unpaired) electrons. The molecule has 0 aliphatic heterocycles. The second kappa shape index (κ2) is 6.39. The molecule has 1 aromatic carbocycles. The first-order valence-electron chi connectivity index (χ1n) is 5.25. The fourth-order valence-corrected chi connectivity index (χ4v) is 2.10. The maximum atomic E-state index is 11.1. The molecule has 0 saturated heterocycles. The zero-order chi connectivity index (χ0) is 12.8. The van der Waals surface area contributed by atoms with Crippen LogP contribution in [-0.4, -0.2) is 36.2 Å². The minimum absolute atomic E-state index is 0.204. The van der Waals surface area contributed by atoms with E-state index in [9.17, 15) is 4.79 Å². The van der Waals surface area contributed by atoms with Gasteiger partial charge in [0.1, 0.15) is 5.75 Å². The van der Waals surface area contributed by atoms with Gasteiger partial charge >= 0.3 is 5.97 Å². The number of hydrogen-bond acceptors (Lipinski definition) is 4. The second-order valence-electron chi connectivity index (χ2n) is 3.72. The number of carbonyl (C=O) groups is 1. The molecule has 4 nitrogen and oxygen atoms in total. The van der Waals surface area contributed by atoms with E-state index in [2.05, 4.69) is 5.32 Å².